The Morgan fingerprint density at radius 1 is 1.59 bits per heavy atom. The topological polar surface area (TPSA) is 81.5 Å². The summed E-state index contributed by atoms with van der Waals surface area (Å²) >= 11 is 3.20. The molecule has 17 heavy (non-hydrogen) atoms. The molecule has 0 bridgehead atoms. The van der Waals surface area contributed by atoms with Crippen LogP contribution in [-0.2, 0) is 9.53 Å². The largest absolute Gasteiger partial charge is 0.465 e. The number of nitrogens with zero attached hydrogens (tertiary/aromatic N) is 1. The Bertz CT molecular complexity index is 436. The minimum atomic E-state index is -0.514. The second kappa shape index (κ2) is 6.19. The second-order valence-electron chi connectivity index (χ2n) is 3.08. The van der Waals surface area contributed by atoms with Gasteiger partial charge in [0.15, 0.2) is 0 Å². The van der Waals surface area contributed by atoms with Crippen LogP contribution in [0, 0.1) is 10.1 Å². The summed E-state index contributed by atoms with van der Waals surface area (Å²) in [6, 6.07) is 4.46. The summed E-state index contributed by atoms with van der Waals surface area (Å²) in [7, 11) is 0. The first-order valence-electron chi connectivity index (χ1n) is 4.88. The van der Waals surface area contributed by atoms with E-state index >= 15 is 0 Å². The van der Waals surface area contributed by atoms with Gasteiger partial charge in [-0.05, 0) is 19.1 Å². The first-order chi connectivity index (χ1) is 8.04. The smallest absolute Gasteiger partial charge is 0.325 e. The Labute approximate surface area is 106 Å². The molecule has 0 aliphatic rings. The maximum absolute atomic E-state index is 11.1. The van der Waals surface area contributed by atoms with Crippen molar-refractivity contribution in [2.45, 2.75) is 6.92 Å². The number of halogens is 1. The number of benzene rings is 1. The summed E-state index contributed by atoms with van der Waals surface area (Å²) in [6.45, 7) is 1.87. The molecule has 0 aliphatic heterocycles. The van der Waals surface area contributed by atoms with Gasteiger partial charge in [0.1, 0.15) is 12.2 Å². The lowest BCUT2D eigenvalue weighted by Gasteiger charge is -2.06. The van der Waals surface area contributed by atoms with Crippen LogP contribution in [0.15, 0.2) is 22.7 Å². The van der Waals surface area contributed by atoms with Gasteiger partial charge in [-0.15, -0.1) is 0 Å². The van der Waals surface area contributed by atoms with Crippen LogP contribution in [0.2, 0.25) is 0 Å². The molecule has 0 saturated heterocycles. The standard InChI is InChI=1S/C10H11BrN2O4/c1-2-17-10(14)6-12-8-5-7(11)3-4-9(8)13(15)16/h3-5,12H,2,6H2,1H3. The van der Waals surface area contributed by atoms with E-state index < -0.39 is 10.9 Å². The molecule has 0 aliphatic carbocycles. The van der Waals surface area contributed by atoms with E-state index in [9.17, 15) is 14.9 Å². The molecule has 1 N–H and O–H groups in total. The highest BCUT2D eigenvalue weighted by molar-refractivity contribution is 9.10. The molecule has 0 atom stereocenters. The Morgan fingerprint density at radius 3 is 2.88 bits per heavy atom. The number of nitrogens with one attached hydrogen (secondary N) is 1. The van der Waals surface area contributed by atoms with Crippen LogP contribution in [0.1, 0.15) is 6.92 Å². The number of carbonyl (C=O) groups is 1. The van der Waals surface area contributed by atoms with E-state index in [1.165, 1.54) is 12.1 Å². The lowest BCUT2D eigenvalue weighted by atomic mass is 10.2. The molecule has 0 aromatic heterocycles. The van der Waals surface area contributed by atoms with Gasteiger partial charge >= 0.3 is 5.97 Å². The summed E-state index contributed by atoms with van der Waals surface area (Å²) in [5.74, 6) is -0.457. The zero-order valence-corrected chi connectivity index (χ0v) is 10.7. The summed E-state index contributed by atoms with van der Waals surface area (Å²) in [6.07, 6.45) is 0. The number of anilines is 1. The quantitative estimate of drug-likeness (QED) is 0.513. The van der Waals surface area contributed by atoms with E-state index in [4.69, 9.17) is 4.74 Å². The molecule has 0 fully saturated rings. The van der Waals surface area contributed by atoms with Gasteiger partial charge in [-0.3, -0.25) is 14.9 Å². The van der Waals surface area contributed by atoms with Gasteiger partial charge in [0.25, 0.3) is 5.69 Å². The predicted molar refractivity (Wildman–Crippen MR) is 65.9 cm³/mol. The molecule has 0 heterocycles. The zero-order chi connectivity index (χ0) is 12.8. The van der Waals surface area contributed by atoms with Crippen molar-refractivity contribution in [3.05, 3.63) is 32.8 Å². The summed E-state index contributed by atoms with van der Waals surface area (Å²) in [4.78, 5) is 21.3. The number of esters is 1. The average molecular weight is 303 g/mol. The highest BCUT2D eigenvalue weighted by Gasteiger charge is 2.14. The fourth-order valence-corrected chi connectivity index (χ4v) is 1.55. The van der Waals surface area contributed by atoms with E-state index in [0.717, 1.165) is 0 Å². The molecule has 6 nitrogen and oxygen atoms in total. The maximum atomic E-state index is 11.1. The zero-order valence-electron chi connectivity index (χ0n) is 9.10. The molecular formula is C10H11BrN2O4. The van der Waals surface area contributed by atoms with E-state index in [1.54, 1.807) is 13.0 Å². The molecule has 1 aromatic carbocycles. The molecule has 1 rings (SSSR count). The van der Waals surface area contributed by atoms with Crippen LogP contribution in [-0.4, -0.2) is 24.0 Å². The van der Waals surface area contributed by atoms with Gasteiger partial charge in [0, 0.05) is 10.5 Å². The third kappa shape index (κ3) is 4.03. The number of hydrogen-bond donors (Lipinski definition) is 1. The average Bonchev–Trinajstić information content (AvgIpc) is 2.26. The van der Waals surface area contributed by atoms with Crippen molar-refractivity contribution in [1.82, 2.24) is 0 Å². The van der Waals surface area contributed by atoms with Crippen molar-refractivity contribution in [1.29, 1.82) is 0 Å². The number of carbonyl (C=O) groups excluding carboxylic acids is 1. The monoisotopic (exact) mass is 302 g/mol. The molecular weight excluding hydrogens is 292 g/mol. The number of hydrogen-bond acceptors (Lipinski definition) is 5. The molecule has 1 aromatic rings. The molecule has 0 spiro atoms. The first kappa shape index (κ1) is 13.4. The number of nitro groups is 1. The normalized spacial score (nSPS) is 9.76. The van der Waals surface area contributed by atoms with Gasteiger partial charge < -0.3 is 10.1 Å². The van der Waals surface area contributed by atoms with Crippen LogP contribution in [0.5, 0.6) is 0 Å². The first-order valence-corrected chi connectivity index (χ1v) is 5.67. The Balaban J connectivity index is 2.78. The lowest BCUT2D eigenvalue weighted by Crippen LogP contribution is -2.17. The number of ether oxygens (including phenoxy) is 1. The summed E-state index contributed by atoms with van der Waals surface area (Å²) in [5, 5.41) is 13.4. The molecule has 0 radical (unpaired) electrons. The van der Waals surface area contributed by atoms with Gasteiger partial charge in [-0.25, -0.2) is 0 Å². The molecule has 0 amide bonds. The van der Waals surface area contributed by atoms with Crippen LogP contribution < -0.4 is 5.32 Å². The lowest BCUT2D eigenvalue weighted by molar-refractivity contribution is -0.384. The fourth-order valence-electron chi connectivity index (χ4n) is 1.19. The molecule has 7 heteroatoms. The minimum absolute atomic E-state index is 0.0856. The highest BCUT2D eigenvalue weighted by Crippen LogP contribution is 2.27. The summed E-state index contributed by atoms with van der Waals surface area (Å²) < 4.78 is 5.40. The molecule has 92 valence electrons. The molecule has 0 unspecified atom stereocenters. The van der Waals surface area contributed by atoms with Crippen LogP contribution in [0.3, 0.4) is 0 Å². The Kier molecular flexibility index (Phi) is 4.89. The van der Waals surface area contributed by atoms with E-state index in [0.29, 0.717) is 4.47 Å². The van der Waals surface area contributed by atoms with E-state index in [-0.39, 0.29) is 24.5 Å². The Morgan fingerprint density at radius 2 is 2.29 bits per heavy atom. The summed E-state index contributed by atoms with van der Waals surface area (Å²) in [5.41, 5.74) is 0.190. The molecule has 0 saturated carbocycles. The third-order valence-electron chi connectivity index (χ3n) is 1.88. The van der Waals surface area contributed by atoms with Crippen molar-refractivity contribution in [3.63, 3.8) is 0 Å². The van der Waals surface area contributed by atoms with Crippen molar-refractivity contribution in [3.8, 4) is 0 Å². The van der Waals surface area contributed by atoms with E-state index in [1.807, 2.05) is 0 Å². The van der Waals surface area contributed by atoms with Crippen molar-refractivity contribution in [2.24, 2.45) is 0 Å². The second-order valence-corrected chi connectivity index (χ2v) is 3.99. The van der Waals surface area contributed by atoms with E-state index in [2.05, 4.69) is 21.2 Å². The third-order valence-corrected chi connectivity index (χ3v) is 2.38. The van der Waals surface area contributed by atoms with Crippen LogP contribution in [0.25, 0.3) is 0 Å². The van der Waals surface area contributed by atoms with Crippen LogP contribution >= 0.6 is 15.9 Å². The number of rotatable bonds is 5. The van der Waals surface area contributed by atoms with Crippen LogP contribution in [0.4, 0.5) is 11.4 Å². The van der Waals surface area contributed by atoms with Gasteiger partial charge in [0.2, 0.25) is 0 Å². The van der Waals surface area contributed by atoms with Gasteiger partial charge in [-0.1, -0.05) is 15.9 Å². The van der Waals surface area contributed by atoms with Crippen molar-refractivity contribution in [2.75, 3.05) is 18.5 Å². The van der Waals surface area contributed by atoms with Crippen molar-refractivity contribution < 1.29 is 14.5 Å². The van der Waals surface area contributed by atoms with Gasteiger partial charge in [0.05, 0.1) is 11.5 Å². The fraction of sp³-hybridized carbons (Fsp3) is 0.300. The predicted octanol–water partition coefficient (Wildman–Crippen LogP) is 2.33. The van der Waals surface area contributed by atoms with Crippen molar-refractivity contribution >= 4 is 33.3 Å². The Hall–Kier alpha value is -1.63. The maximum Gasteiger partial charge on any atom is 0.325 e. The minimum Gasteiger partial charge on any atom is -0.465 e. The number of nitro benzene ring substituents is 1. The SMILES string of the molecule is CCOC(=O)CNc1cc(Br)ccc1[N+](=O)[O-]. The van der Waals surface area contributed by atoms with Gasteiger partial charge in [-0.2, -0.15) is 0 Å². The highest BCUT2D eigenvalue weighted by atomic mass is 79.9.